The van der Waals surface area contributed by atoms with Crippen molar-refractivity contribution in [1.29, 1.82) is 0 Å². The highest BCUT2D eigenvalue weighted by Crippen LogP contribution is 2.44. The summed E-state index contributed by atoms with van der Waals surface area (Å²) in [6.07, 6.45) is 0. The van der Waals surface area contributed by atoms with Crippen molar-refractivity contribution in [2.24, 2.45) is 0 Å². The van der Waals surface area contributed by atoms with Gasteiger partial charge in [0.2, 0.25) is 0 Å². The topological polar surface area (TPSA) is 40.5 Å². The van der Waals surface area contributed by atoms with Gasteiger partial charge < -0.3 is 10.2 Å². The third-order valence-electron chi connectivity index (χ3n) is 4.34. The first-order valence-corrected chi connectivity index (χ1v) is 11.9. The van der Waals surface area contributed by atoms with E-state index in [-0.39, 0.29) is 5.41 Å². The van der Waals surface area contributed by atoms with Crippen molar-refractivity contribution in [3.8, 4) is 11.5 Å². The molecule has 2 aromatic rings. The molecule has 0 aromatic heterocycles. The zero-order valence-electron chi connectivity index (χ0n) is 16.1. The minimum atomic E-state index is -0.226. The number of phenolic OH excluding ortho intramolecular Hbond substituents is 2. The van der Waals surface area contributed by atoms with Gasteiger partial charge in [0.1, 0.15) is 11.5 Å². The highest BCUT2D eigenvalue weighted by molar-refractivity contribution is 8.00. The summed E-state index contributed by atoms with van der Waals surface area (Å²) in [5.74, 6) is 3.50. The lowest BCUT2D eigenvalue weighted by molar-refractivity contribution is 0.447. The average Bonchev–Trinajstić information content (AvgIpc) is 2.60. The fraction of sp³-hybridized carbons (Fsp3) is 0.429. The maximum Gasteiger partial charge on any atom is 0.142 e. The van der Waals surface area contributed by atoms with Gasteiger partial charge in [0.15, 0.2) is 0 Å². The van der Waals surface area contributed by atoms with Gasteiger partial charge in [0, 0.05) is 10.3 Å². The Hall–Kier alpha value is -0.910. The molecule has 0 aliphatic heterocycles. The number of phenols is 2. The molecule has 26 heavy (non-hydrogen) atoms. The second-order valence-electron chi connectivity index (χ2n) is 6.43. The number of hydrogen-bond acceptors (Lipinski definition) is 5. The van der Waals surface area contributed by atoms with Crippen molar-refractivity contribution in [2.75, 3.05) is 17.3 Å². The van der Waals surface area contributed by atoms with Crippen molar-refractivity contribution in [1.82, 2.24) is 0 Å². The standard InChI is InChI=1S/C21H28O2S3/c1-6-24-17-11-14(9-10-16(17)22)21(4,5)15-12-18(25-7-2)20(23)19(13-15)26-8-3/h9-13,22-23H,6-8H2,1-5H3. The number of rotatable bonds is 8. The van der Waals surface area contributed by atoms with Crippen LogP contribution in [0.4, 0.5) is 0 Å². The van der Waals surface area contributed by atoms with Crippen molar-refractivity contribution in [3.05, 3.63) is 41.5 Å². The van der Waals surface area contributed by atoms with E-state index in [1.165, 1.54) is 5.56 Å². The van der Waals surface area contributed by atoms with Gasteiger partial charge in [-0.15, -0.1) is 35.3 Å². The lowest BCUT2D eigenvalue weighted by atomic mass is 9.78. The van der Waals surface area contributed by atoms with E-state index >= 15 is 0 Å². The molecule has 0 amide bonds. The normalized spacial score (nSPS) is 11.7. The van der Waals surface area contributed by atoms with Crippen LogP contribution in [0.3, 0.4) is 0 Å². The van der Waals surface area contributed by atoms with Crippen LogP contribution in [-0.4, -0.2) is 27.5 Å². The van der Waals surface area contributed by atoms with Gasteiger partial charge in [-0.25, -0.2) is 0 Å². The van der Waals surface area contributed by atoms with Gasteiger partial charge in [-0.1, -0.05) is 40.7 Å². The summed E-state index contributed by atoms with van der Waals surface area (Å²) in [7, 11) is 0. The van der Waals surface area contributed by atoms with Crippen LogP contribution >= 0.6 is 35.3 Å². The van der Waals surface area contributed by atoms with Gasteiger partial charge >= 0.3 is 0 Å². The van der Waals surface area contributed by atoms with Crippen molar-refractivity contribution >= 4 is 35.3 Å². The molecule has 142 valence electrons. The summed E-state index contributed by atoms with van der Waals surface area (Å²) in [6.45, 7) is 10.7. The van der Waals surface area contributed by atoms with Crippen molar-refractivity contribution < 1.29 is 10.2 Å². The molecular weight excluding hydrogens is 380 g/mol. The van der Waals surface area contributed by atoms with Gasteiger partial charge in [0.25, 0.3) is 0 Å². The highest BCUT2D eigenvalue weighted by Gasteiger charge is 2.26. The van der Waals surface area contributed by atoms with E-state index in [1.54, 1.807) is 41.4 Å². The summed E-state index contributed by atoms with van der Waals surface area (Å²) in [6, 6.07) is 10.1. The van der Waals surface area contributed by atoms with Gasteiger partial charge in [-0.2, -0.15) is 0 Å². The number of thioether (sulfide) groups is 3. The predicted octanol–water partition coefficient (Wildman–Crippen LogP) is 6.76. The molecule has 2 nitrogen and oxygen atoms in total. The Kier molecular flexibility index (Phi) is 7.68. The third kappa shape index (κ3) is 4.68. The Morgan fingerprint density at radius 2 is 1.19 bits per heavy atom. The van der Waals surface area contributed by atoms with Gasteiger partial charge in [-0.05, 0) is 52.7 Å². The number of benzene rings is 2. The molecule has 0 atom stereocenters. The van der Waals surface area contributed by atoms with E-state index in [1.807, 2.05) is 6.07 Å². The van der Waals surface area contributed by atoms with Gasteiger partial charge in [-0.3, -0.25) is 0 Å². The first-order valence-electron chi connectivity index (χ1n) is 8.94. The molecule has 0 bridgehead atoms. The molecule has 0 aliphatic carbocycles. The zero-order valence-corrected chi connectivity index (χ0v) is 18.6. The second kappa shape index (κ2) is 9.34. The Balaban J connectivity index is 2.55. The molecule has 0 unspecified atom stereocenters. The summed E-state index contributed by atoms with van der Waals surface area (Å²) >= 11 is 5.00. The number of aromatic hydroxyl groups is 2. The first-order chi connectivity index (χ1) is 12.3. The Bertz CT molecular complexity index is 730. The van der Waals surface area contributed by atoms with Crippen LogP contribution in [0.2, 0.25) is 0 Å². The Labute approximate surface area is 170 Å². The Morgan fingerprint density at radius 3 is 1.69 bits per heavy atom. The van der Waals surface area contributed by atoms with Crippen LogP contribution in [0.15, 0.2) is 45.0 Å². The molecule has 0 saturated carbocycles. The van der Waals surface area contributed by atoms with E-state index < -0.39 is 0 Å². The minimum absolute atomic E-state index is 0.226. The molecule has 0 aliphatic rings. The second-order valence-corrected chi connectivity index (χ2v) is 10.3. The molecule has 2 N–H and O–H groups in total. The van der Waals surface area contributed by atoms with Crippen LogP contribution in [0.5, 0.6) is 11.5 Å². The molecule has 0 heterocycles. The molecular formula is C21H28O2S3. The predicted molar refractivity (Wildman–Crippen MR) is 118 cm³/mol. The lowest BCUT2D eigenvalue weighted by Crippen LogP contribution is -2.19. The maximum atomic E-state index is 10.6. The minimum Gasteiger partial charge on any atom is -0.507 e. The largest absolute Gasteiger partial charge is 0.507 e. The summed E-state index contributed by atoms with van der Waals surface area (Å²) in [5.41, 5.74) is 2.12. The molecule has 0 saturated heterocycles. The van der Waals surface area contributed by atoms with E-state index in [2.05, 4.69) is 52.8 Å². The van der Waals surface area contributed by atoms with E-state index in [0.717, 1.165) is 37.5 Å². The Morgan fingerprint density at radius 1 is 0.731 bits per heavy atom. The maximum absolute atomic E-state index is 10.6. The van der Waals surface area contributed by atoms with E-state index in [9.17, 15) is 10.2 Å². The highest BCUT2D eigenvalue weighted by atomic mass is 32.2. The summed E-state index contributed by atoms with van der Waals surface area (Å²) in [4.78, 5) is 2.80. The zero-order chi connectivity index (χ0) is 19.3. The lowest BCUT2D eigenvalue weighted by Gasteiger charge is -2.28. The van der Waals surface area contributed by atoms with Crippen LogP contribution < -0.4 is 0 Å². The molecule has 5 heteroatoms. The fourth-order valence-electron chi connectivity index (χ4n) is 2.81. The SMILES string of the molecule is CCSc1cc(C(C)(C)c2cc(SCC)c(O)c(SCC)c2)ccc1O. The average molecular weight is 409 g/mol. The molecule has 2 aromatic carbocycles. The summed E-state index contributed by atoms with van der Waals surface area (Å²) in [5, 5.41) is 20.7. The molecule has 0 spiro atoms. The molecule has 0 radical (unpaired) electrons. The molecule has 0 fully saturated rings. The van der Waals surface area contributed by atoms with Crippen LogP contribution in [0.25, 0.3) is 0 Å². The van der Waals surface area contributed by atoms with Gasteiger partial charge in [0.05, 0.1) is 9.79 Å². The summed E-state index contributed by atoms with van der Waals surface area (Å²) < 4.78 is 0. The van der Waals surface area contributed by atoms with E-state index in [0.29, 0.717) is 11.5 Å². The molecule has 2 rings (SSSR count). The van der Waals surface area contributed by atoms with Crippen LogP contribution in [-0.2, 0) is 5.41 Å². The van der Waals surface area contributed by atoms with Crippen molar-refractivity contribution in [3.63, 3.8) is 0 Å². The fourth-order valence-corrected chi connectivity index (χ4v) is 5.15. The quantitative estimate of drug-likeness (QED) is 0.472. The van der Waals surface area contributed by atoms with Crippen LogP contribution in [0, 0.1) is 0 Å². The third-order valence-corrected chi connectivity index (χ3v) is 7.09. The van der Waals surface area contributed by atoms with E-state index in [4.69, 9.17) is 0 Å². The monoisotopic (exact) mass is 408 g/mol. The number of hydrogen-bond donors (Lipinski definition) is 2. The smallest absolute Gasteiger partial charge is 0.142 e. The van der Waals surface area contributed by atoms with Crippen LogP contribution in [0.1, 0.15) is 45.7 Å². The van der Waals surface area contributed by atoms with Crippen molar-refractivity contribution in [2.45, 2.75) is 54.7 Å². The first kappa shape index (κ1) is 21.4.